The summed E-state index contributed by atoms with van der Waals surface area (Å²) < 4.78 is 0. The fraction of sp³-hybridized carbons (Fsp3) is 0.182. The Morgan fingerprint density at radius 1 is 1.50 bits per heavy atom. The van der Waals surface area contributed by atoms with Crippen molar-refractivity contribution in [2.24, 2.45) is 0 Å². The minimum atomic E-state index is -0.995. The molecular weight excluding hydrogens is 249 g/mol. The van der Waals surface area contributed by atoms with E-state index in [4.69, 9.17) is 28.3 Å². The Morgan fingerprint density at radius 3 is 2.69 bits per heavy atom. The largest absolute Gasteiger partial charge is 0.478 e. The van der Waals surface area contributed by atoms with Crippen LogP contribution in [0, 0.1) is 0 Å². The number of benzene rings is 1. The van der Waals surface area contributed by atoms with Crippen LogP contribution in [0.15, 0.2) is 30.4 Å². The number of carboxylic acids is 1. The van der Waals surface area contributed by atoms with E-state index in [0.29, 0.717) is 10.0 Å². The van der Waals surface area contributed by atoms with Crippen LogP contribution in [0.25, 0.3) is 0 Å². The number of nitrogens with one attached hydrogen (secondary N) is 1. The summed E-state index contributed by atoms with van der Waals surface area (Å²) in [7, 11) is 1.72. The summed E-state index contributed by atoms with van der Waals surface area (Å²) >= 11 is 11.8. The van der Waals surface area contributed by atoms with E-state index in [1.54, 1.807) is 25.2 Å². The lowest BCUT2D eigenvalue weighted by atomic mass is 10.1. The molecule has 1 unspecified atom stereocenters. The first kappa shape index (κ1) is 13.0. The number of likely N-dealkylation sites (N-methyl/N-ethyl adjacent to an activating group) is 1. The Kier molecular flexibility index (Phi) is 4.80. The molecule has 16 heavy (non-hydrogen) atoms. The summed E-state index contributed by atoms with van der Waals surface area (Å²) in [4.78, 5) is 10.4. The lowest BCUT2D eigenvalue weighted by Gasteiger charge is -2.13. The summed E-state index contributed by atoms with van der Waals surface area (Å²) in [6.45, 7) is 0. The predicted octanol–water partition coefficient (Wildman–Crippen LogP) is 2.89. The number of carbonyl (C=O) groups is 1. The van der Waals surface area contributed by atoms with E-state index in [2.05, 4.69) is 5.32 Å². The quantitative estimate of drug-likeness (QED) is 0.818. The number of halogens is 2. The van der Waals surface area contributed by atoms with E-state index in [1.807, 2.05) is 0 Å². The normalized spacial score (nSPS) is 12.9. The van der Waals surface area contributed by atoms with Gasteiger partial charge in [-0.25, -0.2) is 4.79 Å². The maximum atomic E-state index is 10.4. The molecule has 0 aliphatic carbocycles. The second-order valence-corrected chi connectivity index (χ2v) is 3.97. The average molecular weight is 260 g/mol. The molecule has 0 aliphatic heterocycles. The van der Waals surface area contributed by atoms with E-state index in [-0.39, 0.29) is 6.04 Å². The van der Waals surface area contributed by atoms with E-state index >= 15 is 0 Å². The van der Waals surface area contributed by atoms with E-state index in [1.165, 1.54) is 6.08 Å². The van der Waals surface area contributed by atoms with Crippen LogP contribution >= 0.6 is 23.2 Å². The molecule has 1 atom stereocenters. The highest BCUT2D eigenvalue weighted by Gasteiger charge is 2.10. The van der Waals surface area contributed by atoms with E-state index in [9.17, 15) is 4.79 Å². The molecule has 0 amide bonds. The maximum absolute atomic E-state index is 10.4. The molecule has 0 aliphatic rings. The minimum absolute atomic E-state index is 0.249. The topological polar surface area (TPSA) is 49.3 Å². The summed E-state index contributed by atoms with van der Waals surface area (Å²) in [5.41, 5.74) is 0.783. The van der Waals surface area contributed by atoms with E-state index in [0.717, 1.165) is 11.6 Å². The first-order chi connectivity index (χ1) is 7.54. The Hall–Kier alpha value is -1.03. The van der Waals surface area contributed by atoms with Gasteiger partial charge in [-0.2, -0.15) is 0 Å². The van der Waals surface area contributed by atoms with Crippen molar-refractivity contribution in [2.75, 3.05) is 7.05 Å². The van der Waals surface area contributed by atoms with Crippen molar-refractivity contribution in [3.05, 3.63) is 46.0 Å². The van der Waals surface area contributed by atoms with E-state index < -0.39 is 5.97 Å². The summed E-state index contributed by atoms with van der Waals surface area (Å²) in [6, 6.07) is 4.85. The summed E-state index contributed by atoms with van der Waals surface area (Å²) in [5.74, 6) is -0.995. The number of carboxylic acid groups (broad SMARTS) is 1. The van der Waals surface area contributed by atoms with Crippen LogP contribution in [-0.2, 0) is 4.79 Å². The van der Waals surface area contributed by atoms with Crippen LogP contribution in [-0.4, -0.2) is 18.1 Å². The molecule has 3 nitrogen and oxygen atoms in total. The molecule has 0 aromatic heterocycles. The second kappa shape index (κ2) is 5.89. The molecule has 0 radical (unpaired) electrons. The van der Waals surface area contributed by atoms with Gasteiger partial charge in [0.05, 0.1) is 6.04 Å². The van der Waals surface area contributed by atoms with Crippen LogP contribution < -0.4 is 5.32 Å². The maximum Gasteiger partial charge on any atom is 0.328 e. The van der Waals surface area contributed by atoms with Gasteiger partial charge < -0.3 is 10.4 Å². The van der Waals surface area contributed by atoms with Crippen molar-refractivity contribution >= 4 is 29.2 Å². The molecule has 86 valence electrons. The van der Waals surface area contributed by atoms with Crippen molar-refractivity contribution in [1.82, 2.24) is 5.32 Å². The Balaban J connectivity index is 2.99. The smallest absolute Gasteiger partial charge is 0.328 e. The molecular formula is C11H11Cl2NO2. The van der Waals surface area contributed by atoms with Crippen LogP contribution in [0.1, 0.15) is 11.6 Å². The fourth-order valence-corrected chi connectivity index (χ4v) is 1.81. The van der Waals surface area contributed by atoms with Crippen LogP contribution in [0.4, 0.5) is 0 Å². The minimum Gasteiger partial charge on any atom is -0.478 e. The third-order valence-electron chi connectivity index (χ3n) is 2.04. The molecule has 1 aromatic carbocycles. The molecule has 5 heteroatoms. The number of hydrogen-bond acceptors (Lipinski definition) is 2. The van der Waals surface area contributed by atoms with Crippen molar-refractivity contribution in [3.63, 3.8) is 0 Å². The molecule has 2 N–H and O–H groups in total. The predicted molar refractivity (Wildman–Crippen MR) is 65.0 cm³/mol. The summed E-state index contributed by atoms with van der Waals surface area (Å²) in [5, 5.41) is 12.6. The zero-order chi connectivity index (χ0) is 12.1. The molecule has 0 fully saturated rings. The first-order valence-electron chi connectivity index (χ1n) is 4.58. The van der Waals surface area contributed by atoms with Crippen molar-refractivity contribution < 1.29 is 9.90 Å². The van der Waals surface area contributed by atoms with Gasteiger partial charge in [-0.1, -0.05) is 35.3 Å². The Labute approximate surface area is 104 Å². The first-order valence-corrected chi connectivity index (χ1v) is 5.33. The molecule has 0 spiro atoms. The number of aliphatic carboxylic acids is 1. The van der Waals surface area contributed by atoms with Crippen LogP contribution in [0.5, 0.6) is 0 Å². The van der Waals surface area contributed by atoms with Gasteiger partial charge in [0.2, 0.25) is 0 Å². The highest BCUT2D eigenvalue weighted by molar-refractivity contribution is 6.35. The lowest BCUT2D eigenvalue weighted by Crippen LogP contribution is -2.14. The standard InChI is InChI=1S/C11H11Cl2NO2/c1-14-10(4-5-11(15)16)8-3-2-7(12)6-9(8)13/h2-6,10,14H,1H3,(H,15,16)/b5-4+. The third kappa shape index (κ3) is 3.52. The molecule has 0 bridgehead atoms. The highest BCUT2D eigenvalue weighted by Crippen LogP contribution is 2.26. The van der Waals surface area contributed by atoms with Gasteiger partial charge in [0.15, 0.2) is 0 Å². The van der Waals surface area contributed by atoms with Crippen molar-refractivity contribution in [1.29, 1.82) is 0 Å². The zero-order valence-electron chi connectivity index (χ0n) is 8.58. The zero-order valence-corrected chi connectivity index (χ0v) is 10.1. The average Bonchev–Trinajstić information content (AvgIpc) is 2.21. The third-order valence-corrected chi connectivity index (χ3v) is 2.60. The van der Waals surface area contributed by atoms with Gasteiger partial charge in [0.1, 0.15) is 0 Å². The highest BCUT2D eigenvalue weighted by atomic mass is 35.5. The van der Waals surface area contributed by atoms with Gasteiger partial charge in [-0.3, -0.25) is 0 Å². The molecule has 0 saturated heterocycles. The number of rotatable bonds is 4. The van der Waals surface area contributed by atoms with Crippen LogP contribution in [0.3, 0.4) is 0 Å². The molecule has 1 aromatic rings. The molecule has 0 saturated carbocycles. The molecule has 1 rings (SSSR count). The van der Waals surface area contributed by atoms with Gasteiger partial charge in [0.25, 0.3) is 0 Å². The van der Waals surface area contributed by atoms with Gasteiger partial charge in [-0.05, 0) is 24.7 Å². The Bertz CT molecular complexity index is 418. The monoisotopic (exact) mass is 259 g/mol. The van der Waals surface area contributed by atoms with Crippen LogP contribution in [0.2, 0.25) is 10.0 Å². The van der Waals surface area contributed by atoms with Gasteiger partial charge in [0, 0.05) is 16.1 Å². The van der Waals surface area contributed by atoms with Crippen molar-refractivity contribution in [2.45, 2.75) is 6.04 Å². The fourth-order valence-electron chi connectivity index (χ4n) is 1.29. The van der Waals surface area contributed by atoms with Gasteiger partial charge in [-0.15, -0.1) is 0 Å². The SMILES string of the molecule is CNC(/C=C/C(=O)O)c1ccc(Cl)cc1Cl. The lowest BCUT2D eigenvalue weighted by molar-refractivity contribution is -0.131. The van der Waals surface area contributed by atoms with Gasteiger partial charge >= 0.3 is 5.97 Å². The summed E-state index contributed by atoms with van der Waals surface area (Å²) in [6.07, 6.45) is 2.60. The second-order valence-electron chi connectivity index (χ2n) is 3.13. The number of hydrogen-bond donors (Lipinski definition) is 2. The molecule has 0 heterocycles. The van der Waals surface area contributed by atoms with Crippen molar-refractivity contribution in [3.8, 4) is 0 Å². The Morgan fingerprint density at radius 2 is 2.19 bits per heavy atom.